The molecule has 0 spiro atoms. The molecule has 7 nitrogen and oxygen atoms in total. The van der Waals surface area contributed by atoms with E-state index in [4.69, 9.17) is 18.9 Å². The van der Waals surface area contributed by atoms with Crippen molar-refractivity contribution < 1.29 is 28.5 Å². The Kier molecular flexibility index (Phi) is 6.89. The van der Waals surface area contributed by atoms with Crippen LogP contribution < -0.4 is 14.8 Å². The third-order valence-corrected chi connectivity index (χ3v) is 3.04. The first-order valence-electron chi connectivity index (χ1n) is 8.30. The maximum atomic E-state index is 12.6. The molecule has 1 atom stereocenters. The number of ether oxygens (including phenoxy) is 4. The van der Waals surface area contributed by atoms with Crippen LogP contribution in [0.1, 0.15) is 53.1 Å². The van der Waals surface area contributed by atoms with Crippen molar-refractivity contribution in [2.75, 3.05) is 14.2 Å². The highest BCUT2D eigenvalue weighted by Crippen LogP contribution is 2.31. The molecule has 0 aliphatic carbocycles. The minimum absolute atomic E-state index is 0.435. The van der Waals surface area contributed by atoms with Crippen LogP contribution in [0.5, 0.6) is 11.5 Å². The van der Waals surface area contributed by atoms with E-state index in [-0.39, 0.29) is 0 Å². The number of carbonyl (C=O) groups excluding carboxylic acids is 2. The lowest BCUT2D eigenvalue weighted by Crippen LogP contribution is -2.40. The molecule has 0 radical (unpaired) electrons. The van der Waals surface area contributed by atoms with Gasteiger partial charge in [0, 0.05) is 0 Å². The van der Waals surface area contributed by atoms with Gasteiger partial charge in [-0.1, -0.05) is 6.07 Å². The molecular formula is C19H29NO6. The highest BCUT2D eigenvalue weighted by atomic mass is 16.6. The largest absolute Gasteiger partial charge is 0.493 e. The van der Waals surface area contributed by atoms with Crippen molar-refractivity contribution in [2.45, 2.75) is 58.8 Å². The fraction of sp³-hybridized carbons (Fsp3) is 0.579. The molecule has 146 valence electrons. The highest BCUT2D eigenvalue weighted by Gasteiger charge is 2.30. The number of hydrogen-bond acceptors (Lipinski definition) is 6. The second-order valence-corrected chi connectivity index (χ2v) is 7.73. The fourth-order valence-electron chi connectivity index (χ4n) is 2.10. The van der Waals surface area contributed by atoms with Crippen LogP contribution in [-0.4, -0.2) is 37.5 Å². The maximum absolute atomic E-state index is 12.6. The molecule has 0 aliphatic heterocycles. The number of esters is 1. The molecule has 0 heterocycles. The Labute approximate surface area is 155 Å². The summed E-state index contributed by atoms with van der Waals surface area (Å²) in [5.41, 5.74) is -0.912. The molecule has 0 aliphatic rings. The molecule has 1 rings (SSSR count). The van der Waals surface area contributed by atoms with Gasteiger partial charge in [-0.3, -0.25) is 0 Å². The van der Waals surface area contributed by atoms with E-state index in [1.807, 2.05) is 0 Å². The van der Waals surface area contributed by atoms with Crippen LogP contribution in [0, 0.1) is 0 Å². The predicted molar refractivity (Wildman–Crippen MR) is 97.5 cm³/mol. The standard InChI is InChI=1S/C19H29NO6/c1-18(2,3)25-16(21)15(20-17(22)26-19(4,5)6)12-9-10-13(23-7)14(11-12)24-8/h9-11,15H,1-8H3,(H,20,22). The Morgan fingerprint density at radius 1 is 0.885 bits per heavy atom. The van der Waals surface area contributed by atoms with Crippen molar-refractivity contribution in [3.8, 4) is 11.5 Å². The van der Waals surface area contributed by atoms with E-state index in [2.05, 4.69) is 5.32 Å². The first kappa shape index (κ1) is 21.6. The number of amides is 1. The second kappa shape index (κ2) is 8.29. The van der Waals surface area contributed by atoms with Crippen LogP contribution in [0.4, 0.5) is 4.79 Å². The smallest absolute Gasteiger partial charge is 0.408 e. The summed E-state index contributed by atoms with van der Waals surface area (Å²) >= 11 is 0. The molecule has 0 saturated heterocycles. The molecule has 1 aromatic rings. The van der Waals surface area contributed by atoms with Gasteiger partial charge in [0.15, 0.2) is 17.5 Å². The minimum atomic E-state index is -1.05. The summed E-state index contributed by atoms with van der Waals surface area (Å²) < 4.78 is 21.2. The molecule has 1 unspecified atom stereocenters. The number of alkyl carbamates (subject to hydrolysis) is 1. The maximum Gasteiger partial charge on any atom is 0.408 e. The summed E-state index contributed by atoms with van der Waals surface area (Å²) in [4.78, 5) is 24.8. The lowest BCUT2D eigenvalue weighted by Gasteiger charge is -2.26. The predicted octanol–water partition coefficient (Wildman–Crippen LogP) is 3.61. The van der Waals surface area contributed by atoms with Gasteiger partial charge < -0.3 is 24.3 Å². The first-order chi connectivity index (χ1) is 11.9. The number of carbonyl (C=O) groups is 2. The van der Waals surface area contributed by atoms with Gasteiger partial charge in [0.25, 0.3) is 0 Å². The number of nitrogens with one attached hydrogen (secondary N) is 1. The molecule has 0 aromatic heterocycles. The average molecular weight is 367 g/mol. The summed E-state index contributed by atoms with van der Waals surface area (Å²) in [7, 11) is 3.01. The van der Waals surface area contributed by atoms with Gasteiger partial charge in [0.2, 0.25) is 0 Å². The van der Waals surface area contributed by atoms with Gasteiger partial charge in [-0.15, -0.1) is 0 Å². The van der Waals surface area contributed by atoms with E-state index in [0.29, 0.717) is 17.1 Å². The number of rotatable bonds is 5. The zero-order chi connectivity index (χ0) is 20.1. The molecular weight excluding hydrogens is 338 g/mol. The van der Waals surface area contributed by atoms with Crippen molar-refractivity contribution >= 4 is 12.1 Å². The Hall–Kier alpha value is -2.44. The molecule has 0 saturated carbocycles. The van der Waals surface area contributed by atoms with Crippen molar-refractivity contribution in [3.63, 3.8) is 0 Å². The van der Waals surface area contributed by atoms with E-state index < -0.39 is 29.3 Å². The number of hydrogen-bond donors (Lipinski definition) is 1. The summed E-state index contributed by atoms with van der Waals surface area (Å²) in [6.07, 6.45) is -0.719. The van der Waals surface area contributed by atoms with Crippen molar-refractivity contribution in [1.29, 1.82) is 0 Å². The highest BCUT2D eigenvalue weighted by molar-refractivity contribution is 5.83. The van der Waals surface area contributed by atoms with E-state index in [9.17, 15) is 9.59 Å². The van der Waals surface area contributed by atoms with Gasteiger partial charge >= 0.3 is 12.1 Å². The summed E-state index contributed by atoms with van der Waals surface area (Å²) in [6, 6.07) is 3.88. The van der Waals surface area contributed by atoms with E-state index in [0.717, 1.165) is 0 Å². The van der Waals surface area contributed by atoms with Crippen LogP contribution in [0.25, 0.3) is 0 Å². The molecule has 0 fully saturated rings. The van der Waals surface area contributed by atoms with Crippen LogP contribution in [0.15, 0.2) is 18.2 Å². The molecule has 1 amide bonds. The van der Waals surface area contributed by atoms with Crippen LogP contribution in [0.2, 0.25) is 0 Å². The Balaban J connectivity index is 3.19. The summed E-state index contributed by atoms with van der Waals surface area (Å²) in [6.45, 7) is 10.5. The Morgan fingerprint density at radius 3 is 1.88 bits per heavy atom. The monoisotopic (exact) mass is 367 g/mol. The number of benzene rings is 1. The zero-order valence-electron chi connectivity index (χ0n) is 16.8. The molecule has 1 N–H and O–H groups in total. The van der Waals surface area contributed by atoms with Crippen LogP contribution in [-0.2, 0) is 14.3 Å². The minimum Gasteiger partial charge on any atom is -0.493 e. The second-order valence-electron chi connectivity index (χ2n) is 7.73. The first-order valence-corrected chi connectivity index (χ1v) is 8.30. The van der Waals surface area contributed by atoms with E-state index in [1.54, 1.807) is 59.7 Å². The van der Waals surface area contributed by atoms with Gasteiger partial charge in [-0.25, -0.2) is 9.59 Å². The van der Waals surface area contributed by atoms with Gasteiger partial charge in [0.1, 0.15) is 11.2 Å². The average Bonchev–Trinajstić information content (AvgIpc) is 2.48. The summed E-state index contributed by atoms with van der Waals surface area (Å²) in [5, 5.41) is 2.57. The van der Waals surface area contributed by atoms with Crippen molar-refractivity contribution in [2.24, 2.45) is 0 Å². The fourth-order valence-corrected chi connectivity index (χ4v) is 2.10. The SMILES string of the molecule is COc1ccc(C(NC(=O)OC(C)(C)C)C(=O)OC(C)(C)C)cc1OC. The molecule has 7 heteroatoms. The third kappa shape index (κ3) is 6.82. The van der Waals surface area contributed by atoms with Crippen molar-refractivity contribution in [3.05, 3.63) is 23.8 Å². The zero-order valence-corrected chi connectivity index (χ0v) is 16.8. The van der Waals surface area contributed by atoms with Crippen LogP contribution >= 0.6 is 0 Å². The van der Waals surface area contributed by atoms with Gasteiger partial charge in [-0.2, -0.15) is 0 Å². The van der Waals surface area contributed by atoms with E-state index >= 15 is 0 Å². The van der Waals surface area contributed by atoms with Crippen molar-refractivity contribution in [1.82, 2.24) is 5.32 Å². The Bertz CT molecular complexity index is 642. The molecule has 1 aromatic carbocycles. The third-order valence-electron chi connectivity index (χ3n) is 3.04. The normalized spacial score (nSPS) is 12.8. The lowest BCUT2D eigenvalue weighted by atomic mass is 10.1. The van der Waals surface area contributed by atoms with Gasteiger partial charge in [-0.05, 0) is 59.2 Å². The Morgan fingerprint density at radius 2 is 1.42 bits per heavy atom. The quantitative estimate of drug-likeness (QED) is 0.801. The topological polar surface area (TPSA) is 83.1 Å². The number of methoxy groups -OCH3 is 2. The molecule has 26 heavy (non-hydrogen) atoms. The molecule has 0 bridgehead atoms. The van der Waals surface area contributed by atoms with E-state index in [1.165, 1.54) is 14.2 Å². The summed E-state index contributed by atoms with van der Waals surface area (Å²) in [5.74, 6) is 0.344. The lowest BCUT2D eigenvalue weighted by molar-refractivity contribution is -0.157. The van der Waals surface area contributed by atoms with Crippen LogP contribution in [0.3, 0.4) is 0 Å². The van der Waals surface area contributed by atoms with Gasteiger partial charge in [0.05, 0.1) is 14.2 Å².